The van der Waals surface area contributed by atoms with Crippen molar-refractivity contribution in [3.8, 4) is 0 Å². The number of carbonyl (C=O) groups excluding carboxylic acids is 1. The maximum Gasteiger partial charge on any atom is 0.290 e. The molecule has 0 radical (unpaired) electrons. The monoisotopic (exact) mass is 487 g/mol. The quantitative estimate of drug-likeness (QED) is 0.439. The second kappa shape index (κ2) is 10.1. The van der Waals surface area contributed by atoms with Gasteiger partial charge < -0.3 is 14.1 Å². The van der Waals surface area contributed by atoms with Crippen LogP contribution in [0.4, 0.5) is 0 Å². The van der Waals surface area contributed by atoms with Crippen molar-refractivity contribution >= 4 is 27.3 Å². The summed E-state index contributed by atoms with van der Waals surface area (Å²) >= 11 is 5.86. The van der Waals surface area contributed by atoms with Gasteiger partial charge in [0.25, 0.3) is 5.91 Å². The maximum atomic E-state index is 13.3. The molecule has 2 heterocycles. The van der Waals surface area contributed by atoms with E-state index in [0.29, 0.717) is 24.7 Å². The van der Waals surface area contributed by atoms with Gasteiger partial charge in [0.1, 0.15) is 0 Å². The number of aryl methyl sites for hydroxylation is 1. The highest BCUT2D eigenvalue weighted by Crippen LogP contribution is 2.26. The Balaban J connectivity index is 1.57. The maximum absolute atomic E-state index is 13.3. The van der Waals surface area contributed by atoms with Crippen molar-refractivity contribution in [1.82, 2.24) is 4.90 Å². The summed E-state index contributed by atoms with van der Waals surface area (Å²) in [7, 11) is -3.90. The Morgan fingerprint density at radius 1 is 1.03 bits per heavy atom. The number of hydrogen-bond donors (Lipinski definition) is 0. The molecule has 1 aliphatic rings. The standard InChI is InChI=1S/C25H26ClNO5S/c1-2-18-5-7-19(8-6-18)16-27(17-21-4-3-15-31-21)25(28)23-13-14-24(32-23)33(29,30)22-11-9-20(26)10-12-22/h5-14,21H,2-4,15-17H2,1H3. The van der Waals surface area contributed by atoms with Crippen molar-refractivity contribution in [1.29, 1.82) is 0 Å². The molecule has 1 atom stereocenters. The van der Waals surface area contributed by atoms with Gasteiger partial charge in [0, 0.05) is 24.7 Å². The molecule has 6 nitrogen and oxygen atoms in total. The van der Waals surface area contributed by atoms with E-state index in [1.54, 1.807) is 4.90 Å². The predicted octanol–water partition coefficient (Wildman–Crippen LogP) is 5.15. The Kier molecular flexibility index (Phi) is 7.22. The van der Waals surface area contributed by atoms with E-state index in [0.717, 1.165) is 24.8 Å². The third-order valence-corrected chi connectivity index (χ3v) is 7.61. The van der Waals surface area contributed by atoms with Gasteiger partial charge in [-0.05, 0) is 66.8 Å². The zero-order valence-corrected chi connectivity index (χ0v) is 19.9. The summed E-state index contributed by atoms with van der Waals surface area (Å²) in [6.07, 6.45) is 2.74. The Hall–Kier alpha value is -2.61. The lowest BCUT2D eigenvalue weighted by Gasteiger charge is -2.25. The van der Waals surface area contributed by atoms with Gasteiger partial charge in [-0.15, -0.1) is 0 Å². The zero-order chi connectivity index (χ0) is 23.4. The molecule has 1 aromatic heterocycles. The first-order valence-corrected chi connectivity index (χ1v) is 12.8. The van der Waals surface area contributed by atoms with E-state index < -0.39 is 9.84 Å². The van der Waals surface area contributed by atoms with E-state index >= 15 is 0 Å². The number of furan rings is 1. The van der Waals surface area contributed by atoms with Crippen LogP contribution in [0.1, 0.15) is 41.4 Å². The molecule has 1 unspecified atom stereocenters. The average molecular weight is 488 g/mol. The molecule has 0 spiro atoms. The number of hydrogen-bond acceptors (Lipinski definition) is 5. The van der Waals surface area contributed by atoms with Crippen LogP contribution in [0, 0.1) is 0 Å². The lowest BCUT2D eigenvalue weighted by Crippen LogP contribution is -2.36. The van der Waals surface area contributed by atoms with Gasteiger partial charge in [-0.3, -0.25) is 4.79 Å². The highest BCUT2D eigenvalue weighted by molar-refractivity contribution is 7.91. The summed E-state index contributed by atoms with van der Waals surface area (Å²) in [6, 6.07) is 16.6. The fraction of sp³-hybridized carbons (Fsp3) is 0.320. The molecule has 8 heteroatoms. The first-order valence-electron chi connectivity index (χ1n) is 11.0. The summed E-state index contributed by atoms with van der Waals surface area (Å²) in [5.41, 5.74) is 2.21. The van der Waals surface area contributed by atoms with Gasteiger partial charge in [-0.2, -0.15) is 0 Å². The van der Waals surface area contributed by atoms with Crippen LogP contribution < -0.4 is 0 Å². The Morgan fingerprint density at radius 2 is 1.73 bits per heavy atom. The molecule has 1 amide bonds. The number of amides is 1. The molecule has 2 aromatic carbocycles. The summed E-state index contributed by atoms with van der Waals surface area (Å²) in [4.78, 5) is 15.1. The van der Waals surface area contributed by atoms with E-state index in [1.807, 2.05) is 24.3 Å². The topological polar surface area (TPSA) is 76.8 Å². The lowest BCUT2D eigenvalue weighted by atomic mass is 10.1. The van der Waals surface area contributed by atoms with Crippen LogP contribution >= 0.6 is 11.6 Å². The Bertz CT molecular complexity index is 1200. The molecule has 3 aromatic rings. The zero-order valence-electron chi connectivity index (χ0n) is 18.4. The third-order valence-electron chi connectivity index (χ3n) is 5.72. The van der Waals surface area contributed by atoms with Crippen molar-refractivity contribution in [2.45, 2.75) is 48.8 Å². The van der Waals surface area contributed by atoms with E-state index in [9.17, 15) is 13.2 Å². The molecule has 1 fully saturated rings. The second-order valence-corrected chi connectivity index (χ2v) is 10.4. The largest absolute Gasteiger partial charge is 0.439 e. The molecule has 33 heavy (non-hydrogen) atoms. The molecule has 4 rings (SSSR count). The van der Waals surface area contributed by atoms with Crippen molar-refractivity contribution in [2.24, 2.45) is 0 Å². The van der Waals surface area contributed by atoms with Crippen molar-refractivity contribution < 1.29 is 22.4 Å². The summed E-state index contributed by atoms with van der Waals surface area (Å²) in [5, 5.41) is 0.151. The molecule has 1 aliphatic heterocycles. The van der Waals surface area contributed by atoms with Crippen LogP contribution in [0.3, 0.4) is 0 Å². The summed E-state index contributed by atoms with van der Waals surface area (Å²) in [5.74, 6) is -0.395. The van der Waals surface area contributed by atoms with Crippen LogP contribution in [0.5, 0.6) is 0 Å². The molecule has 0 N–H and O–H groups in total. The average Bonchev–Trinajstić information content (AvgIpc) is 3.52. The van der Waals surface area contributed by atoms with Gasteiger partial charge in [0.2, 0.25) is 14.9 Å². The SMILES string of the molecule is CCc1ccc(CN(CC2CCCO2)C(=O)c2ccc(S(=O)(=O)c3ccc(Cl)cc3)o2)cc1. The van der Waals surface area contributed by atoms with Crippen molar-refractivity contribution in [2.75, 3.05) is 13.2 Å². The minimum atomic E-state index is -3.90. The van der Waals surface area contributed by atoms with E-state index in [1.165, 1.54) is 42.0 Å². The van der Waals surface area contributed by atoms with Crippen molar-refractivity contribution in [3.63, 3.8) is 0 Å². The molecule has 1 saturated heterocycles. The number of ether oxygens (including phenoxy) is 1. The second-order valence-electron chi connectivity index (χ2n) is 8.07. The minimum absolute atomic E-state index is 0.0225. The van der Waals surface area contributed by atoms with Gasteiger partial charge in [-0.1, -0.05) is 42.8 Å². The van der Waals surface area contributed by atoms with Crippen LogP contribution in [-0.4, -0.2) is 38.5 Å². The summed E-state index contributed by atoms with van der Waals surface area (Å²) < 4.78 is 37.1. The summed E-state index contributed by atoms with van der Waals surface area (Å²) in [6.45, 7) is 3.56. The minimum Gasteiger partial charge on any atom is -0.439 e. The van der Waals surface area contributed by atoms with Crippen LogP contribution in [-0.2, 0) is 27.5 Å². The smallest absolute Gasteiger partial charge is 0.290 e. The van der Waals surface area contributed by atoms with Crippen molar-refractivity contribution in [3.05, 3.63) is 82.6 Å². The Labute approximate surface area is 199 Å². The van der Waals surface area contributed by atoms with Gasteiger partial charge in [0.15, 0.2) is 5.76 Å². The lowest BCUT2D eigenvalue weighted by molar-refractivity contribution is 0.0480. The number of nitrogens with zero attached hydrogens (tertiary/aromatic N) is 1. The van der Waals surface area contributed by atoms with Gasteiger partial charge in [-0.25, -0.2) is 8.42 Å². The van der Waals surface area contributed by atoms with E-state index in [-0.39, 0.29) is 27.8 Å². The molecule has 0 saturated carbocycles. The highest BCUT2D eigenvalue weighted by atomic mass is 35.5. The first kappa shape index (κ1) is 23.5. The highest BCUT2D eigenvalue weighted by Gasteiger charge is 2.28. The van der Waals surface area contributed by atoms with Gasteiger partial charge in [0.05, 0.1) is 11.0 Å². The predicted molar refractivity (Wildman–Crippen MR) is 125 cm³/mol. The number of benzene rings is 2. The van der Waals surface area contributed by atoms with E-state index in [2.05, 4.69) is 6.92 Å². The fourth-order valence-corrected chi connectivity index (χ4v) is 5.12. The molecule has 0 aliphatic carbocycles. The number of rotatable bonds is 8. The van der Waals surface area contributed by atoms with Crippen LogP contribution in [0.2, 0.25) is 5.02 Å². The molecule has 174 valence electrons. The molecule has 0 bridgehead atoms. The third kappa shape index (κ3) is 5.49. The number of carbonyl (C=O) groups is 1. The fourth-order valence-electron chi connectivity index (χ4n) is 3.82. The molecular weight excluding hydrogens is 462 g/mol. The normalized spacial score (nSPS) is 16.1. The first-order chi connectivity index (χ1) is 15.9. The van der Waals surface area contributed by atoms with Crippen LogP contribution in [0.15, 0.2) is 75.1 Å². The number of sulfone groups is 1. The Morgan fingerprint density at radius 3 is 2.36 bits per heavy atom. The molecular formula is C25H26ClNO5S. The van der Waals surface area contributed by atoms with Gasteiger partial charge >= 0.3 is 0 Å². The van der Waals surface area contributed by atoms with E-state index in [4.69, 9.17) is 20.8 Å². The van der Waals surface area contributed by atoms with Crippen LogP contribution in [0.25, 0.3) is 0 Å². The number of halogens is 1.